The largest absolute Gasteiger partial charge is 0.346 e. The molecule has 1 aromatic heterocycles. The minimum absolute atomic E-state index is 0.178. The summed E-state index contributed by atoms with van der Waals surface area (Å²) < 4.78 is 0. The third-order valence-electron chi connectivity index (χ3n) is 1.69. The first kappa shape index (κ1) is 9.26. The Kier molecular flexibility index (Phi) is 2.52. The van der Waals surface area contributed by atoms with E-state index in [1.54, 1.807) is 0 Å². The van der Waals surface area contributed by atoms with Crippen molar-refractivity contribution < 1.29 is 0 Å². The van der Waals surface area contributed by atoms with Gasteiger partial charge in [-0.1, -0.05) is 6.92 Å². The van der Waals surface area contributed by atoms with Gasteiger partial charge in [0.1, 0.15) is 5.82 Å². The van der Waals surface area contributed by atoms with E-state index in [0.29, 0.717) is 0 Å². The minimum atomic E-state index is -0.178. The number of nitrogens with two attached hydrogens (primary N) is 1. The van der Waals surface area contributed by atoms with E-state index in [1.165, 1.54) is 5.69 Å². The highest BCUT2D eigenvalue weighted by atomic mass is 14.9. The molecule has 0 spiro atoms. The molecule has 3 heteroatoms. The highest BCUT2D eigenvalue weighted by Gasteiger charge is 2.13. The molecule has 3 nitrogen and oxygen atoms in total. The van der Waals surface area contributed by atoms with Crippen LogP contribution in [0, 0.1) is 0 Å². The summed E-state index contributed by atoms with van der Waals surface area (Å²) in [7, 11) is 0. The van der Waals surface area contributed by atoms with E-state index < -0.39 is 0 Å². The monoisotopic (exact) mass is 167 g/mol. The lowest BCUT2D eigenvalue weighted by molar-refractivity contribution is 0.504. The third-order valence-corrected chi connectivity index (χ3v) is 1.69. The van der Waals surface area contributed by atoms with Gasteiger partial charge in [-0.2, -0.15) is 0 Å². The predicted octanol–water partition coefficient (Wildman–Crippen LogP) is 1.25. The number of aromatic nitrogens is 2. The lowest BCUT2D eigenvalue weighted by atomic mass is 10.0. The summed E-state index contributed by atoms with van der Waals surface area (Å²) in [5, 5.41) is 0. The number of nitrogens with one attached hydrogen (secondary N) is 1. The summed E-state index contributed by atoms with van der Waals surface area (Å²) in [6.45, 7) is 6.10. The molecule has 68 valence electrons. The molecule has 0 unspecified atom stereocenters. The highest BCUT2D eigenvalue weighted by Crippen LogP contribution is 2.06. The molecular weight excluding hydrogens is 150 g/mol. The maximum atomic E-state index is 5.86. The van der Waals surface area contributed by atoms with Gasteiger partial charge in [0.2, 0.25) is 0 Å². The van der Waals surface area contributed by atoms with Crippen LogP contribution in [0.2, 0.25) is 0 Å². The van der Waals surface area contributed by atoms with Crippen molar-refractivity contribution in [3.05, 3.63) is 17.7 Å². The van der Waals surface area contributed by atoms with Crippen molar-refractivity contribution in [2.24, 2.45) is 5.73 Å². The Bertz CT molecular complexity index is 245. The second-order valence-corrected chi connectivity index (χ2v) is 3.87. The van der Waals surface area contributed by atoms with Gasteiger partial charge in [0.25, 0.3) is 0 Å². The summed E-state index contributed by atoms with van der Waals surface area (Å²) >= 11 is 0. The molecule has 0 saturated carbocycles. The van der Waals surface area contributed by atoms with Crippen LogP contribution < -0.4 is 5.73 Å². The molecule has 0 atom stereocenters. The van der Waals surface area contributed by atoms with Crippen LogP contribution in [0.1, 0.15) is 32.3 Å². The molecule has 0 aliphatic carbocycles. The van der Waals surface area contributed by atoms with Crippen molar-refractivity contribution in [1.29, 1.82) is 0 Å². The molecule has 0 radical (unpaired) electrons. The van der Waals surface area contributed by atoms with Crippen molar-refractivity contribution in [1.82, 2.24) is 9.97 Å². The molecule has 0 fully saturated rings. The van der Waals surface area contributed by atoms with E-state index in [0.717, 1.165) is 18.7 Å². The van der Waals surface area contributed by atoms with Crippen LogP contribution in [-0.4, -0.2) is 15.5 Å². The lowest BCUT2D eigenvalue weighted by Crippen LogP contribution is -2.34. The summed E-state index contributed by atoms with van der Waals surface area (Å²) in [6.07, 6.45) is 3.67. The molecule has 0 aliphatic heterocycles. The van der Waals surface area contributed by atoms with E-state index in [9.17, 15) is 0 Å². The molecule has 12 heavy (non-hydrogen) atoms. The zero-order valence-electron chi connectivity index (χ0n) is 8.02. The topological polar surface area (TPSA) is 54.7 Å². The fraction of sp³-hybridized carbons (Fsp3) is 0.667. The van der Waals surface area contributed by atoms with Crippen LogP contribution in [0.25, 0.3) is 0 Å². The molecule has 0 aliphatic rings. The van der Waals surface area contributed by atoms with Gasteiger partial charge in [-0.25, -0.2) is 4.98 Å². The van der Waals surface area contributed by atoms with E-state index >= 15 is 0 Å². The Morgan fingerprint density at radius 3 is 2.67 bits per heavy atom. The second-order valence-electron chi connectivity index (χ2n) is 3.87. The van der Waals surface area contributed by atoms with Gasteiger partial charge in [-0.3, -0.25) is 0 Å². The summed E-state index contributed by atoms with van der Waals surface area (Å²) in [5.74, 6) is 0.986. The van der Waals surface area contributed by atoms with Crippen LogP contribution in [-0.2, 0) is 12.8 Å². The number of hydrogen-bond donors (Lipinski definition) is 2. The Morgan fingerprint density at radius 1 is 1.58 bits per heavy atom. The number of rotatable bonds is 3. The van der Waals surface area contributed by atoms with Crippen LogP contribution >= 0.6 is 0 Å². The maximum Gasteiger partial charge on any atom is 0.108 e. The highest BCUT2D eigenvalue weighted by molar-refractivity contribution is 5.03. The number of H-pyrrole nitrogens is 1. The number of imidazole rings is 1. The molecule has 0 saturated heterocycles. The van der Waals surface area contributed by atoms with Crippen LogP contribution in [0.15, 0.2) is 6.20 Å². The molecule has 0 aromatic carbocycles. The van der Waals surface area contributed by atoms with Gasteiger partial charge in [0.15, 0.2) is 0 Å². The van der Waals surface area contributed by atoms with Gasteiger partial charge >= 0.3 is 0 Å². The quantitative estimate of drug-likeness (QED) is 0.712. The van der Waals surface area contributed by atoms with Crippen molar-refractivity contribution in [2.75, 3.05) is 0 Å². The molecule has 3 N–H and O–H groups in total. The van der Waals surface area contributed by atoms with Gasteiger partial charge in [-0.15, -0.1) is 0 Å². The predicted molar refractivity (Wildman–Crippen MR) is 49.9 cm³/mol. The van der Waals surface area contributed by atoms with Crippen molar-refractivity contribution in [2.45, 2.75) is 39.2 Å². The normalized spacial score (nSPS) is 12.0. The summed E-state index contributed by atoms with van der Waals surface area (Å²) in [5.41, 5.74) is 6.86. The molecule has 0 bridgehead atoms. The van der Waals surface area contributed by atoms with Crippen molar-refractivity contribution >= 4 is 0 Å². The number of nitrogens with zero attached hydrogens (tertiary/aromatic N) is 1. The molecular formula is C9H17N3. The van der Waals surface area contributed by atoms with Crippen LogP contribution in [0.3, 0.4) is 0 Å². The van der Waals surface area contributed by atoms with E-state index in [1.807, 2.05) is 20.0 Å². The number of aromatic amines is 1. The summed E-state index contributed by atoms with van der Waals surface area (Å²) in [4.78, 5) is 7.47. The fourth-order valence-electron chi connectivity index (χ4n) is 1.11. The van der Waals surface area contributed by atoms with Gasteiger partial charge in [0.05, 0.1) is 0 Å². The first-order valence-corrected chi connectivity index (χ1v) is 4.33. The van der Waals surface area contributed by atoms with E-state index in [2.05, 4.69) is 16.9 Å². The average Bonchev–Trinajstić information content (AvgIpc) is 2.32. The molecule has 1 aromatic rings. The fourth-order valence-corrected chi connectivity index (χ4v) is 1.11. The van der Waals surface area contributed by atoms with Crippen molar-refractivity contribution in [3.63, 3.8) is 0 Å². The zero-order valence-corrected chi connectivity index (χ0v) is 8.02. The van der Waals surface area contributed by atoms with E-state index in [4.69, 9.17) is 5.73 Å². The number of hydrogen-bond acceptors (Lipinski definition) is 2. The first-order valence-electron chi connectivity index (χ1n) is 4.33. The van der Waals surface area contributed by atoms with Crippen LogP contribution in [0.5, 0.6) is 0 Å². The smallest absolute Gasteiger partial charge is 0.108 e. The van der Waals surface area contributed by atoms with Gasteiger partial charge < -0.3 is 10.7 Å². The Morgan fingerprint density at radius 2 is 2.25 bits per heavy atom. The third kappa shape index (κ3) is 2.66. The minimum Gasteiger partial charge on any atom is -0.346 e. The Hall–Kier alpha value is -0.830. The Balaban J connectivity index is 2.64. The molecule has 0 amide bonds. The van der Waals surface area contributed by atoms with Crippen LogP contribution in [0.4, 0.5) is 0 Å². The lowest BCUT2D eigenvalue weighted by Gasteiger charge is -2.15. The standard InChI is InChI=1S/C9H17N3/c1-4-7-6-11-8(12-7)5-9(2,3)10/h6H,4-5,10H2,1-3H3,(H,11,12). The van der Waals surface area contributed by atoms with Crippen molar-refractivity contribution in [3.8, 4) is 0 Å². The second kappa shape index (κ2) is 3.27. The first-order chi connectivity index (χ1) is 5.51. The summed E-state index contributed by atoms with van der Waals surface area (Å²) in [6, 6.07) is 0. The van der Waals surface area contributed by atoms with Gasteiger partial charge in [0, 0.05) is 23.9 Å². The van der Waals surface area contributed by atoms with E-state index in [-0.39, 0.29) is 5.54 Å². The maximum absolute atomic E-state index is 5.86. The number of aryl methyl sites for hydroxylation is 1. The Labute approximate surface area is 73.4 Å². The molecule has 1 rings (SSSR count). The SMILES string of the molecule is CCc1cnc(CC(C)(C)N)[nH]1. The van der Waals surface area contributed by atoms with Gasteiger partial charge in [-0.05, 0) is 20.3 Å². The zero-order chi connectivity index (χ0) is 9.19. The average molecular weight is 167 g/mol. The molecule has 1 heterocycles.